The van der Waals surface area contributed by atoms with Gasteiger partial charge in [-0.05, 0) is 47.4 Å². The van der Waals surface area contributed by atoms with E-state index in [1.165, 1.54) is 0 Å². The van der Waals surface area contributed by atoms with Crippen LogP contribution < -0.4 is 5.32 Å². The number of nitrogens with zero attached hydrogens (tertiary/aromatic N) is 2. The van der Waals surface area contributed by atoms with Gasteiger partial charge in [-0.1, -0.05) is 13.0 Å². The van der Waals surface area contributed by atoms with Crippen molar-refractivity contribution in [1.82, 2.24) is 4.90 Å². The van der Waals surface area contributed by atoms with E-state index in [1.54, 1.807) is 0 Å². The van der Waals surface area contributed by atoms with Crippen molar-refractivity contribution in [2.75, 3.05) is 18.4 Å². The van der Waals surface area contributed by atoms with Gasteiger partial charge in [0.1, 0.15) is 6.07 Å². The fourth-order valence-electron chi connectivity index (χ4n) is 2.65. The van der Waals surface area contributed by atoms with Crippen LogP contribution in [0.15, 0.2) is 22.7 Å². The summed E-state index contributed by atoms with van der Waals surface area (Å²) in [7, 11) is 0. The van der Waals surface area contributed by atoms with Crippen molar-refractivity contribution in [3.8, 4) is 6.07 Å². The van der Waals surface area contributed by atoms with Crippen LogP contribution >= 0.6 is 15.9 Å². The van der Waals surface area contributed by atoms with Crippen molar-refractivity contribution < 1.29 is 9.90 Å². The van der Waals surface area contributed by atoms with E-state index in [0.717, 1.165) is 29.5 Å². The fraction of sp³-hybridized carbons (Fsp3) is 0.467. The Morgan fingerprint density at radius 1 is 1.57 bits per heavy atom. The monoisotopic (exact) mass is 351 g/mol. The number of rotatable bonds is 6. The molecule has 0 atom stereocenters. The molecule has 2 N–H and O–H groups in total. The lowest BCUT2D eigenvalue weighted by atomic mass is 9.85. The van der Waals surface area contributed by atoms with Crippen LogP contribution in [0.4, 0.5) is 5.69 Å². The third-order valence-corrected chi connectivity index (χ3v) is 4.52. The highest BCUT2D eigenvalue weighted by Gasteiger charge is 2.34. The molecule has 112 valence electrons. The lowest BCUT2D eigenvalue weighted by Crippen LogP contribution is -2.51. The zero-order valence-electron chi connectivity index (χ0n) is 11.8. The smallest absolute Gasteiger partial charge is 0.317 e. The number of halogens is 1. The van der Waals surface area contributed by atoms with Crippen molar-refractivity contribution in [1.29, 1.82) is 5.26 Å². The van der Waals surface area contributed by atoms with Gasteiger partial charge in [0, 0.05) is 16.6 Å². The molecule has 2 rings (SSSR count). The van der Waals surface area contributed by atoms with Crippen LogP contribution in [0.3, 0.4) is 0 Å². The molecule has 21 heavy (non-hydrogen) atoms. The molecule has 0 saturated heterocycles. The molecule has 1 saturated carbocycles. The van der Waals surface area contributed by atoms with Crippen molar-refractivity contribution in [3.63, 3.8) is 0 Å². The van der Waals surface area contributed by atoms with Gasteiger partial charge in [0.05, 0.1) is 17.8 Å². The van der Waals surface area contributed by atoms with Gasteiger partial charge < -0.3 is 10.4 Å². The fourth-order valence-corrected chi connectivity index (χ4v) is 3.11. The van der Waals surface area contributed by atoms with Gasteiger partial charge in [0.2, 0.25) is 0 Å². The lowest BCUT2D eigenvalue weighted by Gasteiger charge is -2.42. The predicted molar refractivity (Wildman–Crippen MR) is 84.2 cm³/mol. The first-order valence-corrected chi connectivity index (χ1v) is 7.75. The Bertz CT molecular complexity index is 565. The molecule has 1 aromatic rings. The second-order valence-electron chi connectivity index (χ2n) is 5.20. The molecule has 0 aliphatic heterocycles. The van der Waals surface area contributed by atoms with Crippen LogP contribution in [0.5, 0.6) is 0 Å². The summed E-state index contributed by atoms with van der Waals surface area (Å²) in [4.78, 5) is 12.8. The number of carboxylic acid groups (broad SMARTS) is 1. The largest absolute Gasteiger partial charge is 0.480 e. The molecule has 5 nitrogen and oxygen atoms in total. The maximum Gasteiger partial charge on any atom is 0.317 e. The Labute approximate surface area is 132 Å². The average molecular weight is 352 g/mol. The highest BCUT2D eigenvalue weighted by molar-refractivity contribution is 9.10. The zero-order chi connectivity index (χ0) is 15.4. The van der Waals surface area contributed by atoms with E-state index in [0.29, 0.717) is 17.6 Å². The number of aliphatic carboxylic acids is 1. The summed E-state index contributed by atoms with van der Waals surface area (Å²) in [5, 5.41) is 21.4. The van der Waals surface area contributed by atoms with Crippen molar-refractivity contribution in [2.45, 2.75) is 31.8 Å². The second kappa shape index (κ2) is 6.92. The SMILES string of the molecule is CCN(CC(=O)O)C1CC(Nc2cccc(Br)c2C#N)C1. The number of carboxylic acids is 1. The molecule has 6 heteroatoms. The van der Waals surface area contributed by atoms with Crippen LogP contribution in [0.1, 0.15) is 25.3 Å². The Balaban J connectivity index is 1.93. The molecule has 1 aliphatic carbocycles. The van der Waals surface area contributed by atoms with Crippen LogP contribution in [0.25, 0.3) is 0 Å². The predicted octanol–water partition coefficient (Wildman–Crippen LogP) is 2.67. The van der Waals surface area contributed by atoms with E-state index in [-0.39, 0.29) is 6.54 Å². The average Bonchev–Trinajstić information content (AvgIpc) is 2.40. The molecule has 1 fully saturated rings. The number of nitrogens with one attached hydrogen (secondary N) is 1. The van der Waals surface area contributed by atoms with Crippen molar-refractivity contribution in [3.05, 3.63) is 28.2 Å². The Hall–Kier alpha value is -1.58. The summed E-state index contributed by atoms with van der Waals surface area (Å²) < 4.78 is 0.784. The van der Waals surface area contributed by atoms with Gasteiger partial charge in [0.25, 0.3) is 0 Å². The number of benzene rings is 1. The topological polar surface area (TPSA) is 76.4 Å². The van der Waals surface area contributed by atoms with Gasteiger partial charge in [-0.25, -0.2) is 0 Å². The molecular formula is C15H18BrN3O2. The van der Waals surface area contributed by atoms with E-state index in [4.69, 9.17) is 5.11 Å². The minimum Gasteiger partial charge on any atom is -0.480 e. The number of nitriles is 1. The van der Waals surface area contributed by atoms with E-state index in [9.17, 15) is 10.1 Å². The van der Waals surface area contributed by atoms with Gasteiger partial charge in [-0.15, -0.1) is 0 Å². The van der Waals surface area contributed by atoms with Gasteiger partial charge in [-0.3, -0.25) is 9.69 Å². The van der Waals surface area contributed by atoms with E-state index >= 15 is 0 Å². The third-order valence-electron chi connectivity index (χ3n) is 3.86. The standard InChI is InChI=1S/C15H18BrN3O2/c1-2-19(9-15(20)21)11-6-10(7-11)18-14-5-3-4-13(16)12(14)8-17/h3-5,10-11,18H,2,6-7,9H2,1H3,(H,20,21). The van der Waals surface area contributed by atoms with E-state index < -0.39 is 5.97 Å². The lowest BCUT2D eigenvalue weighted by molar-refractivity contribution is -0.139. The first-order chi connectivity index (χ1) is 10.0. The molecule has 0 spiro atoms. The maximum absolute atomic E-state index is 10.8. The number of hydrogen-bond donors (Lipinski definition) is 2. The first kappa shape index (κ1) is 15.8. The van der Waals surface area contributed by atoms with E-state index in [1.807, 2.05) is 30.0 Å². The summed E-state index contributed by atoms with van der Waals surface area (Å²) >= 11 is 3.37. The van der Waals surface area contributed by atoms with Crippen LogP contribution in [-0.4, -0.2) is 41.1 Å². The van der Waals surface area contributed by atoms with Gasteiger partial charge in [0.15, 0.2) is 0 Å². The Morgan fingerprint density at radius 2 is 2.29 bits per heavy atom. The third kappa shape index (κ3) is 3.74. The number of likely N-dealkylation sites (N-methyl/N-ethyl adjacent to an activating group) is 1. The number of carbonyl (C=O) groups is 1. The Morgan fingerprint density at radius 3 is 2.86 bits per heavy atom. The van der Waals surface area contributed by atoms with Crippen LogP contribution in [0, 0.1) is 11.3 Å². The molecule has 1 aromatic carbocycles. The summed E-state index contributed by atoms with van der Waals surface area (Å²) in [6.45, 7) is 2.81. The molecule has 0 radical (unpaired) electrons. The maximum atomic E-state index is 10.8. The number of hydrogen-bond acceptors (Lipinski definition) is 4. The molecule has 0 bridgehead atoms. The van der Waals surface area contributed by atoms with E-state index in [2.05, 4.69) is 27.3 Å². The summed E-state index contributed by atoms with van der Waals surface area (Å²) in [5.74, 6) is -0.785. The molecular weight excluding hydrogens is 334 g/mol. The zero-order valence-corrected chi connectivity index (χ0v) is 13.4. The van der Waals surface area contributed by atoms with Crippen molar-refractivity contribution >= 4 is 27.6 Å². The highest BCUT2D eigenvalue weighted by Crippen LogP contribution is 2.31. The normalized spacial score (nSPS) is 20.7. The number of anilines is 1. The summed E-state index contributed by atoms with van der Waals surface area (Å²) in [6.07, 6.45) is 1.80. The summed E-state index contributed by atoms with van der Waals surface area (Å²) in [6, 6.07) is 8.42. The second-order valence-corrected chi connectivity index (χ2v) is 6.05. The highest BCUT2D eigenvalue weighted by atomic mass is 79.9. The minimum absolute atomic E-state index is 0.0915. The molecule has 0 heterocycles. The molecule has 0 amide bonds. The van der Waals surface area contributed by atoms with Gasteiger partial charge >= 0.3 is 5.97 Å². The summed E-state index contributed by atoms with van der Waals surface area (Å²) in [5.41, 5.74) is 1.44. The van der Waals surface area contributed by atoms with Crippen LogP contribution in [-0.2, 0) is 4.79 Å². The quantitative estimate of drug-likeness (QED) is 0.823. The van der Waals surface area contributed by atoms with Gasteiger partial charge in [-0.2, -0.15) is 5.26 Å². The van der Waals surface area contributed by atoms with Crippen molar-refractivity contribution in [2.24, 2.45) is 0 Å². The first-order valence-electron chi connectivity index (χ1n) is 6.96. The van der Waals surface area contributed by atoms with Crippen LogP contribution in [0.2, 0.25) is 0 Å². The molecule has 0 unspecified atom stereocenters. The minimum atomic E-state index is -0.785. The molecule has 0 aromatic heterocycles. The molecule has 1 aliphatic rings. The Kier molecular flexibility index (Phi) is 5.21.